The van der Waals surface area contributed by atoms with Crippen LogP contribution in [0.15, 0.2) is 27.7 Å². The largest absolute Gasteiger partial charge is 0.494 e. The van der Waals surface area contributed by atoms with Gasteiger partial charge in [-0.2, -0.15) is 4.31 Å². The summed E-state index contributed by atoms with van der Waals surface area (Å²) < 4.78 is 35.2. The molecule has 0 N–H and O–H groups in total. The molecular weight excluding hydrogens is 462 g/mol. The van der Waals surface area contributed by atoms with Gasteiger partial charge in [0.25, 0.3) is 0 Å². The van der Waals surface area contributed by atoms with E-state index in [1.54, 1.807) is 17.4 Å². The number of hydrogen-bond acceptors (Lipinski definition) is 5. The number of ether oxygens (including phenoxy) is 1. The van der Waals surface area contributed by atoms with Crippen molar-refractivity contribution in [1.82, 2.24) is 13.7 Å². The Morgan fingerprint density at radius 2 is 2.08 bits per heavy atom. The van der Waals surface area contributed by atoms with Crippen molar-refractivity contribution in [3.63, 3.8) is 0 Å². The molecule has 1 aromatic carbocycles. The molecule has 10 heteroatoms. The first-order valence-corrected chi connectivity index (χ1v) is 11.0. The maximum Gasteiger partial charge on any atom is 0.246 e. The zero-order valence-corrected chi connectivity index (χ0v) is 18.6. The fourth-order valence-electron chi connectivity index (χ4n) is 2.69. The summed E-state index contributed by atoms with van der Waals surface area (Å²) in [6.07, 6.45) is 1.96. The Morgan fingerprint density at radius 3 is 2.73 bits per heavy atom. The van der Waals surface area contributed by atoms with Crippen molar-refractivity contribution in [2.45, 2.75) is 25.3 Å². The van der Waals surface area contributed by atoms with E-state index in [2.05, 4.69) is 20.9 Å². The maximum atomic E-state index is 13.1. The van der Waals surface area contributed by atoms with E-state index in [9.17, 15) is 8.42 Å². The Kier molecular flexibility index (Phi) is 5.38. The van der Waals surface area contributed by atoms with Crippen molar-refractivity contribution in [1.29, 1.82) is 0 Å². The predicted octanol–water partition coefficient (Wildman–Crippen LogP) is 4.26. The van der Waals surface area contributed by atoms with Crippen molar-refractivity contribution in [2.75, 3.05) is 14.2 Å². The number of thiazole rings is 1. The number of imidazole rings is 1. The van der Waals surface area contributed by atoms with Crippen molar-refractivity contribution in [3.8, 4) is 5.75 Å². The summed E-state index contributed by atoms with van der Waals surface area (Å²) in [5, 5.41) is 0.307. The molecule has 6 nitrogen and oxygen atoms in total. The number of benzene rings is 1. The van der Waals surface area contributed by atoms with Gasteiger partial charge in [-0.1, -0.05) is 11.6 Å². The second-order valence-electron chi connectivity index (χ2n) is 5.82. The molecule has 26 heavy (non-hydrogen) atoms. The van der Waals surface area contributed by atoms with E-state index in [4.69, 9.17) is 16.3 Å². The van der Waals surface area contributed by atoms with Gasteiger partial charge in [0, 0.05) is 23.1 Å². The van der Waals surface area contributed by atoms with Crippen LogP contribution in [0.2, 0.25) is 5.02 Å². The number of hydrogen-bond donors (Lipinski definition) is 0. The Bertz CT molecular complexity index is 1090. The van der Waals surface area contributed by atoms with Crippen LogP contribution in [0.1, 0.15) is 16.3 Å². The third-order valence-corrected chi connectivity index (χ3v) is 7.49. The number of aromatic nitrogens is 2. The molecule has 3 aromatic rings. The van der Waals surface area contributed by atoms with Gasteiger partial charge in [0.2, 0.25) is 10.0 Å². The maximum absolute atomic E-state index is 13.1. The average molecular weight is 479 g/mol. The number of fused-ring (bicyclic) bond motifs is 1. The van der Waals surface area contributed by atoms with Crippen LogP contribution in [0.3, 0.4) is 0 Å². The summed E-state index contributed by atoms with van der Waals surface area (Å²) >= 11 is 10.9. The first-order chi connectivity index (χ1) is 12.1. The van der Waals surface area contributed by atoms with Crippen molar-refractivity contribution < 1.29 is 13.2 Å². The molecule has 0 aliphatic heterocycles. The smallest absolute Gasteiger partial charge is 0.246 e. The normalized spacial score (nSPS) is 12.3. The van der Waals surface area contributed by atoms with E-state index < -0.39 is 10.0 Å². The molecule has 3 rings (SSSR count). The number of nitrogens with zero attached hydrogens (tertiary/aromatic N) is 3. The SMILES string of the molecule is COc1c(Br)cc(Cl)cc1S(=O)(=O)N(C)Cc1c(C)nc2sc(C)cn12. The second kappa shape index (κ2) is 7.12. The molecule has 0 aliphatic rings. The lowest BCUT2D eigenvalue weighted by atomic mass is 10.3. The molecule has 0 bridgehead atoms. The minimum atomic E-state index is -3.83. The average Bonchev–Trinajstić information content (AvgIpc) is 3.03. The Labute approximate surface area is 169 Å². The molecule has 2 heterocycles. The molecule has 140 valence electrons. The van der Waals surface area contributed by atoms with E-state index in [0.29, 0.717) is 9.50 Å². The van der Waals surface area contributed by atoms with Crippen LogP contribution >= 0.6 is 38.9 Å². The monoisotopic (exact) mass is 477 g/mol. The molecule has 0 saturated carbocycles. The van der Waals surface area contributed by atoms with E-state index in [-0.39, 0.29) is 17.2 Å². The van der Waals surface area contributed by atoms with Gasteiger partial charge in [0.15, 0.2) is 10.7 Å². The molecule has 0 saturated heterocycles. The first kappa shape index (κ1) is 19.6. The summed E-state index contributed by atoms with van der Waals surface area (Å²) in [6.45, 7) is 4.05. The Hall–Kier alpha value is -1.13. The Morgan fingerprint density at radius 1 is 1.38 bits per heavy atom. The molecule has 0 amide bonds. The summed E-state index contributed by atoms with van der Waals surface area (Å²) in [7, 11) is -0.873. The van der Waals surface area contributed by atoms with Gasteiger partial charge < -0.3 is 4.74 Å². The van der Waals surface area contributed by atoms with E-state index in [0.717, 1.165) is 21.2 Å². The molecule has 2 aromatic heterocycles. The van der Waals surface area contributed by atoms with Gasteiger partial charge in [0.1, 0.15) is 4.90 Å². The fraction of sp³-hybridized carbons (Fsp3) is 0.312. The van der Waals surface area contributed by atoms with E-state index in [1.165, 1.54) is 24.5 Å². The molecule has 0 aliphatic carbocycles. The molecule has 0 fully saturated rings. The number of methoxy groups -OCH3 is 1. The predicted molar refractivity (Wildman–Crippen MR) is 107 cm³/mol. The summed E-state index contributed by atoms with van der Waals surface area (Å²) in [4.78, 5) is 6.49. The highest BCUT2D eigenvalue weighted by atomic mass is 79.9. The summed E-state index contributed by atoms with van der Waals surface area (Å²) in [6, 6.07) is 2.99. The topological polar surface area (TPSA) is 63.9 Å². The summed E-state index contributed by atoms with van der Waals surface area (Å²) in [5.41, 5.74) is 1.63. The molecule has 0 spiro atoms. The van der Waals surface area contributed by atoms with Crippen LogP contribution in [0, 0.1) is 13.8 Å². The van der Waals surface area contributed by atoms with Crippen molar-refractivity contribution in [2.24, 2.45) is 0 Å². The van der Waals surface area contributed by atoms with Crippen LogP contribution in [-0.2, 0) is 16.6 Å². The number of halogens is 2. The summed E-state index contributed by atoms with van der Waals surface area (Å²) in [5.74, 6) is 0.225. The highest BCUT2D eigenvalue weighted by molar-refractivity contribution is 9.10. The van der Waals surface area contributed by atoms with Gasteiger partial charge in [-0.05, 0) is 41.9 Å². The lowest BCUT2D eigenvalue weighted by Gasteiger charge is -2.20. The van der Waals surface area contributed by atoms with Crippen LogP contribution in [0.25, 0.3) is 4.96 Å². The van der Waals surface area contributed by atoms with Crippen molar-refractivity contribution in [3.05, 3.63) is 44.1 Å². The Balaban J connectivity index is 2.04. The minimum absolute atomic E-state index is 0.0155. The lowest BCUT2D eigenvalue weighted by Crippen LogP contribution is -2.27. The first-order valence-electron chi connectivity index (χ1n) is 7.58. The van der Waals surface area contributed by atoms with E-state index in [1.807, 2.05) is 24.4 Å². The zero-order chi connectivity index (χ0) is 19.2. The van der Waals surface area contributed by atoms with Crippen LogP contribution < -0.4 is 4.74 Å². The molecule has 0 unspecified atom stereocenters. The number of aryl methyl sites for hydroxylation is 2. The highest BCUT2D eigenvalue weighted by Gasteiger charge is 2.28. The standard InChI is InChI=1S/C16H17BrClN3O3S2/c1-9-7-21-13(10(2)19-16(21)25-9)8-20(3)26(22,23)14-6-11(18)5-12(17)15(14)24-4/h5-7H,8H2,1-4H3. The lowest BCUT2D eigenvalue weighted by molar-refractivity contribution is 0.394. The third kappa shape index (κ3) is 3.38. The van der Waals surface area contributed by atoms with Crippen LogP contribution in [0.4, 0.5) is 0 Å². The third-order valence-electron chi connectivity index (χ3n) is 3.98. The van der Waals surface area contributed by atoms with Gasteiger partial charge >= 0.3 is 0 Å². The minimum Gasteiger partial charge on any atom is -0.494 e. The van der Waals surface area contributed by atoms with Crippen LogP contribution in [0.5, 0.6) is 5.75 Å². The van der Waals surface area contributed by atoms with Crippen molar-refractivity contribution >= 4 is 53.9 Å². The second-order valence-corrected chi connectivity index (χ2v) is 10.3. The van der Waals surface area contributed by atoms with Crippen LogP contribution in [-0.4, -0.2) is 36.3 Å². The molecule has 0 radical (unpaired) electrons. The van der Waals surface area contributed by atoms with Gasteiger partial charge in [-0.3, -0.25) is 4.40 Å². The fourth-order valence-corrected chi connectivity index (χ4v) is 6.08. The van der Waals surface area contributed by atoms with Gasteiger partial charge in [-0.25, -0.2) is 13.4 Å². The quantitative estimate of drug-likeness (QED) is 0.550. The number of rotatable bonds is 5. The zero-order valence-electron chi connectivity index (χ0n) is 14.6. The highest BCUT2D eigenvalue weighted by Crippen LogP contribution is 2.37. The van der Waals surface area contributed by atoms with Gasteiger partial charge in [-0.15, -0.1) is 11.3 Å². The van der Waals surface area contributed by atoms with E-state index >= 15 is 0 Å². The van der Waals surface area contributed by atoms with Gasteiger partial charge in [0.05, 0.1) is 29.5 Å². The molecule has 0 atom stereocenters. The molecular formula is C16H17BrClN3O3S2. The number of sulfonamides is 1.